The van der Waals surface area contributed by atoms with Crippen molar-refractivity contribution in [1.29, 1.82) is 0 Å². The summed E-state index contributed by atoms with van der Waals surface area (Å²) in [6.45, 7) is -0.833. The fourth-order valence-electron chi connectivity index (χ4n) is 0.608. The van der Waals surface area contributed by atoms with Crippen molar-refractivity contribution in [2.45, 2.75) is 24.9 Å². The topological polar surface area (TPSA) is 403 Å². The Morgan fingerprint density at radius 3 is 0.697 bits per heavy atom. The molecule has 33 heavy (non-hydrogen) atoms. The number of hydrogen-bond acceptors (Lipinski definition) is 12. The number of carbonyl (C=O) groups excluding carboxylic acids is 2. The Bertz CT molecular complexity index is 564. The number of carboxylic acids is 5. The highest BCUT2D eigenvalue weighted by Gasteiger charge is 2.13. The standard InChI is InChI=1S/2C4H8N2O3.3C2H5NO2/c2*5-2(4(8)9)1-3(6)7;3*3-1-2(4)5/h2*2H,1,5H2,(H2,6,7)(H,8,9);3*1,3H2,(H,4,5). The highest BCUT2D eigenvalue weighted by Crippen LogP contribution is 1.85. The van der Waals surface area contributed by atoms with Crippen LogP contribution in [0.3, 0.4) is 0 Å². The number of rotatable bonds is 9. The van der Waals surface area contributed by atoms with E-state index in [-0.39, 0.29) is 32.5 Å². The second-order valence-electron chi connectivity index (χ2n) is 5.02. The number of hydrogen-bond donors (Lipinski definition) is 12. The molecule has 0 aromatic carbocycles. The van der Waals surface area contributed by atoms with Crippen molar-refractivity contribution < 1.29 is 59.1 Å². The average molecular weight is 489 g/mol. The van der Waals surface area contributed by atoms with Crippen LogP contribution in [0.2, 0.25) is 0 Å². The molecule has 0 aromatic rings. The second kappa shape index (κ2) is 26.1. The minimum absolute atomic E-state index is 0.278. The van der Waals surface area contributed by atoms with Gasteiger partial charge in [-0.05, 0) is 0 Å². The molecule has 0 aromatic heterocycles. The Balaban J connectivity index is -0.000000102. The van der Waals surface area contributed by atoms with Gasteiger partial charge >= 0.3 is 29.8 Å². The van der Waals surface area contributed by atoms with E-state index in [2.05, 4.69) is 28.7 Å². The third kappa shape index (κ3) is 58.4. The lowest BCUT2D eigenvalue weighted by Gasteiger charge is -1.99. The van der Waals surface area contributed by atoms with Gasteiger partial charge in [-0.2, -0.15) is 0 Å². The van der Waals surface area contributed by atoms with Crippen LogP contribution in [-0.2, 0) is 33.6 Å². The summed E-state index contributed by atoms with van der Waals surface area (Å²) in [5, 5.41) is 39.0. The molecule has 0 heterocycles. The van der Waals surface area contributed by atoms with Gasteiger partial charge in [-0.15, -0.1) is 0 Å². The zero-order chi connectivity index (χ0) is 27.7. The van der Waals surface area contributed by atoms with Crippen molar-refractivity contribution >= 4 is 41.7 Å². The Morgan fingerprint density at radius 1 is 0.515 bits per heavy atom. The first-order chi connectivity index (χ1) is 14.9. The minimum atomic E-state index is -1.21. The SMILES string of the molecule is NC(=O)CC(N)C(=O)O.NC(=O)CC(N)C(=O)O.NCC(=O)O.NCC(=O)O.NCC(=O)O. The summed E-state index contributed by atoms with van der Waals surface area (Å²) in [5.41, 5.74) is 32.8. The van der Waals surface area contributed by atoms with Crippen LogP contribution in [0.5, 0.6) is 0 Å². The van der Waals surface area contributed by atoms with Gasteiger partial charge in [0.15, 0.2) is 0 Å². The molecule has 0 aliphatic heterocycles. The molecule has 19 nitrogen and oxygen atoms in total. The lowest BCUT2D eigenvalue weighted by Crippen LogP contribution is -2.34. The summed E-state index contributed by atoms with van der Waals surface area (Å²) in [5.74, 6) is -6.74. The smallest absolute Gasteiger partial charge is 0.321 e. The summed E-state index contributed by atoms with van der Waals surface area (Å²) in [7, 11) is 0. The fourth-order valence-corrected chi connectivity index (χ4v) is 0.608. The maximum Gasteiger partial charge on any atom is 0.321 e. The molecular weight excluding hydrogens is 458 g/mol. The number of nitrogens with two attached hydrogens (primary N) is 7. The van der Waals surface area contributed by atoms with E-state index < -0.39 is 53.7 Å². The van der Waals surface area contributed by atoms with Gasteiger partial charge in [-0.3, -0.25) is 33.6 Å². The van der Waals surface area contributed by atoms with Crippen LogP contribution < -0.4 is 40.1 Å². The van der Waals surface area contributed by atoms with Crippen LogP contribution in [0.1, 0.15) is 12.8 Å². The Hall–Kier alpha value is -3.91. The van der Waals surface area contributed by atoms with Gasteiger partial charge in [0, 0.05) is 0 Å². The molecule has 0 aliphatic rings. The maximum atomic E-state index is 9.99. The first kappa shape index (κ1) is 39.6. The van der Waals surface area contributed by atoms with Gasteiger partial charge in [0.05, 0.1) is 32.5 Å². The van der Waals surface area contributed by atoms with Crippen LogP contribution in [0, 0.1) is 0 Å². The maximum absolute atomic E-state index is 9.99. The number of amides is 2. The van der Waals surface area contributed by atoms with E-state index in [1.165, 1.54) is 0 Å². The quantitative estimate of drug-likeness (QED) is 0.143. The predicted octanol–water partition coefficient (Wildman–Crippen LogP) is -6.36. The zero-order valence-corrected chi connectivity index (χ0v) is 17.3. The van der Waals surface area contributed by atoms with E-state index in [1.807, 2.05) is 0 Å². The second-order valence-corrected chi connectivity index (χ2v) is 5.02. The van der Waals surface area contributed by atoms with Crippen LogP contribution >= 0.6 is 0 Å². The molecule has 0 aliphatic carbocycles. The molecule has 2 atom stereocenters. The van der Waals surface area contributed by atoms with Gasteiger partial charge in [0.2, 0.25) is 11.8 Å². The monoisotopic (exact) mass is 489 g/mol. The molecule has 2 unspecified atom stereocenters. The molecule has 0 bridgehead atoms. The first-order valence-electron chi connectivity index (χ1n) is 8.18. The minimum Gasteiger partial charge on any atom is -0.480 e. The molecule has 0 rings (SSSR count). The van der Waals surface area contributed by atoms with Crippen molar-refractivity contribution in [3.8, 4) is 0 Å². The first-order valence-corrected chi connectivity index (χ1v) is 8.18. The molecule has 0 radical (unpaired) electrons. The van der Waals surface area contributed by atoms with E-state index in [1.54, 1.807) is 0 Å². The van der Waals surface area contributed by atoms with E-state index >= 15 is 0 Å². The summed E-state index contributed by atoms with van der Waals surface area (Å²) in [4.78, 5) is 67.5. The molecule has 2 amide bonds. The predicted molar refractivity (Wildman–Crippen MR) is 109 cm³/mol. The Kier molecular flexibility index (Phi) is 31.3. The molecule has 19 N–H and O–H groups in total. The van der Waals surface area contributed by atoms with Crippen molar-refractivity contribution in [3.63, 3.8) is 0 Å². The van der Waals surface area contributed by atoms with Gasteiger partial charge in [-0.25, -0.2) is 0 Å². The Labute approximate surface area is 186 Å². The average Bonchev–Trinajstić information content (AvgIpc) is 2.68. The number of carbonyl (C=O) groups is 7. The molecule has 194 valence electrons. The van der Waals surface area contributed by atoms with E-state index in [9.17, 15) is 33.6 Å². The summed E-state index contributed by atoms with van der Waals surface area (Å²) in [6.07, 6.45) is -0.620. The summed E-state index contributed by atoms with van der Waals surface area (Å²) >= 11 is 0. The van der Waals surface area contributed by atoms with E-state index in [0.29, 0.717) is 0 Å². The largest absolute Gasteiger partial charge is 0.480 e. The molecular formula is C14H31N7O12. The van der Waals surface area contributed by atoms with Crippen LogP contribution in [-0.4, -0.2) is 98.9 Å². The van der Waals surface area contributed by atoms with Crippen molar-refractivity contribution in [2.75, 3.05) is 19.6 Å². The highest BCUT2D eigenvalue weighted by atomic mass is 16.4. The third-order valence-electron chi connectivity index (χ3n) is 2.00. The highest BCUT2D eigenvalue weighted by molar-refractivity contribution is 5.83. The number of carboxylic acid groups (broad SMARTS) is 5. The Morgan fingerprint density at radius 2 is 0.667 bits per heavy atom. The molecule has 19 heteroatoms. The van der Waals surface area contributed by atoms with Crippen LogP contribution in [0.25, 0.3) is 0 Å². The summed E-state index contributed by atoms with van der Waals surface area (Å²) in [6, 6.07) is -2.33. The zero-order valence-electron chi connectivity index (χ0n) is 17.3. The van der Waals surface area contributed by atoms with Crippen molar-refractivity contribution in [1.82, 2.24) is 0 Å². The fraction of sp³-hybridized carbons (Fsp3) is 0.500. The van der Waals surface area contributed by atoms with Crippen molar-refractivity contribution in [3.05, 3.63) is 0 Å². The van der Waals surface area contributed by atoms with Gasteiger partial charge in [-0.1, -0.05) is 0 Å². The van der Waals surface area contributed by atoms with Crippen molar-refractivity contribution in [2.24, 2.45) is 40.1 Å². The lowest BCUT2D eigenvalue weighted by molar-refractivity contribution is -0.140. The van der Waals surface area contributed by atoms with E-state index in [0.717, 1.165) is 0 Å². The normalized spacial score (nSPS) is 10.2. The van der Waals surface area contributed by atoms with E-state index in [4.69, 9.17) is 37.0 Å². The number of aliphatic carboxylic acids is 5. The van der Waals surface area contributed by atoms with Crippen LogP contribution in [0.15, 0.2) is 0 Å². The molecule has 0 fully saturated rings. The van der Waals surface area contributed by atoms with Gasteiger partial charge in [0.1, 0.15) is 12.1 Å². The number of primary amides is 2. The lowest BCUT2D eigenvalue weighted by atomic mass is 10.2. The molecule has 0 saturated carbocycles. The third-order valence-corrected chi connectivity index (χ3v) is 2.00. The van der Waals surface area contributed by atoms with Gasteiger partial charge < -0.3 is 65.7 Å². The molecule has 0 saturated heterocycles. The van der Waals surface area contributed by atoms with Crippen LogP contribution in [0.4, 0.5) is 0 Å². The van der Waals surface area contributed by atoms with Gasteiger partial charge in [0.25, 0.3) is 0 Å². The summed E-state index contributed by atoms with van der Waals surface area (Å²) < 4.78 is 0. The molecule has 0 spiro atoms.